The van der Waals surface area contributed by atoms with Crippen LogP contribution < -0.4 is 0 Å². The van der Waals surface area contributed by atoms with E-state index in [0.717, 1.165) is 18.3 Å². The molecular formula is C16H13ClF3N5O2S. The molecule has 0 radical (unpaired) electrons. The van der Waals surface area contributed by atoms with Crippen LogP contribution in [0, 0.1) is 0 Å². The second-order valence-corrected chi connectivity index (χ2v) is 8.35. The van der Waals surface area contributed by atoms with Gasteiger partial charge in [0.2, 0.25) is 0 Å². The van der Waals surface area contributed by atoms with Crippen molar-refractivity contribution in [1.82, 2.24) is 24.7 Å². The predicted octanol–water partition coefficient (Wildman–Crippen LogP) is 3.40. The van der Waals surface area contributed by atoms with E-state index >= 15 is 0 Å². The molecule has 28 heavy (non-hydrogen) atoms. The molecule has 3 aromatic rings. The van der Waals surface area contributed by atoms with Crippen molar-refractivity contribution in [2.24, 2.45) is 7.05 Å². The summed E-state index contributed by atoms with van der Waals surface area (Å²) in [5.41, 5.74) is -1.00. The lowest BCUT2D eigenvalue weighted by atomic mass is 10.2. The van der Waals surface area contributed by atoms with Crippen LogP contribution >= 0.6 is 11.6 Å². The molecule has 0 N–H and O–H groups in total. The molecule has 0 saturated heterocycles. The van der Waals surface area contributed by atoms with Crippen LogP contribution in [0.15, 0.2) is 35.4 Å². The lowest BCUT2D eigenvalue weighted by Crippen LogP contribution is -2.09. The summed E-state index contributed by atoms with van der Waals surface area (Å²) in [6.45, 7) is 1.47. The van der Waals surface area contributed by atoms with Crippen molar-refractivity contribution in [2.45, 2.75) is 18.0 Å². The van der Waals surface area contributed by atoms with E-state index in [4.69, 9.17) is 11.6 Å². The van der Waals surface area contributed by atoms with Gasteiger partial charge < -0.3 is 4.57 Å². The zero-order valence-electron chi connectivity index (χ0n) is 14.6. The highest BCUT2D eigenvalue weighted by molar-refractivity contribution is 7.91. The van der Waals surface area contributed by atoms with E-state index in [1.54, 1.807) is 0 Å². The number of alkyl halides is 3. The molecule has 0 aliphatic heterocycles. The molecule has 0 atom stereocenters. The van der Waals surface area contributed by atoms with Crippen LogP contribution in [-0.4, -0.2) is 38.9 Å². The maximum Gasteiger partial charge on any atom is 0.416 e. The van der Waals surface area contributed by atoms with Crippen molar-refractivity contribution < 1.29 is 21.6 Å². The Labute approximate surface area is 163 Å². The first kappa shape index (κ1) is 20.2. The Morgan fingerprint density at radius 3 is 2.46 bits per heavy atom. The summed E-state index contributed by atoms with van der Waals surface area (Å²) < 4.78 is 64.9. The Balaban J connectivity index is 2.18. The molecule has 12 heteroatoms. The molecule has 7 nitrogen and oxygen atoms in total. The number of sulfone groups is 1. The molecule has 0 unspecified atom stereocenters. The molecule has 0 amide bonds. The van der Waals surface area contributed by atoms with Crippen molar-refractivity contribution in [1.29, 1.82) is 0 Å². The van der Waals surface area contributed by atoms with Gasteiger partial charge in [-0.3, -0.25) is 4.98 Å². The van der Waals surface area contributed by atoms with Crippen LogP contribution in [0.25, 0.3) is 23.0 Å². The number of hydrogen-bond donors (Lipinski definition) is 0. The quantitative estimate of drug-likeness (QED) is 0.588. The van der Waals surface area contributed by atoms with E-state index in [1.807, 2.05) is 0 Å². The molecule has 0 aliphatic carbocycles. The second kappa shape index (κ2) is 7.13. The molecule has 0 fully saturated rings. The number of halogens is 4. The monoisotopic (exact) mass is 431 g/mol. The van der Waals surface area contributed by atoms with E-state index in [1.165, 1.54) is 30.7 Å². The fourth-order valence-corrected chi connectivity index (χ4v) is 3.64. The van der Waals surface area contributed by atoms with Crippen LogP contribution in [-0.2, 0) is 23.1 Å². The molecule has 0 bridgehead atoms. The molecule has 3 heterocycles. The van der Waals surface area contributed by atoms with Crippen molar-refractivity contribution in [3.05, 3.63) is 41.2 Å². The highest BCUT2D eigenvalue weighted by Crippen LogP contribution is 2.32. The second-order valence-electron chi connectivity index (χ2n) is 5.72. The smallest absolute Gasteiger partial charge is 0.307 e. The van der Waals surface area contributed by atoms with Crippen LogP contribution in [0.3, 0.4) is 0 Å². The van der Waals surface area contributed by atoms with E-state index < -0.39 is 21.6 Å². The first-order valence-corrected chi connectivity index (χ1v) is 9.90. The molecule has 0 aromatic carbocycles. The van der Waals surface area contributed by atoms with Gasteiger partial charge in [0.15, 0.2) is 21.5 Å². The molecule has 3 aromatic heterocycles. The summed E-state index contributed by atoms with van der Waals surface area (Å²) in [6.07, 6.45) is -3.53. The molecule has 148 valence electrons. The van der Waals surface area contributed by atoms with Gasteiger partial charge >= 0.3 is 6.18 Å². The molecule has 0 saturated carbocycles. The van der Waals surface area contributed by atoms with Gasteiger partial charge in [0.1, 0.15) is 16.5 Å². The van der Waals surface area contributed by atoms with E-state index in [9.17, 15) is 21.6 Å². The van der Waals surface area contributed by atoms with Gasteiger partial charge in [-0.2, -0.15) is 13.2 Å². The van der Waals surface area contributed by atoms with Crippen LogP contribution in [0.4, 0.5) is 13.2 Å². The van der Waals surface area contributed by atoms with Gasteiger partial charge in [-0.15, -0.1) is 10.2 Å². The Kier molecular flexibility index (Phi) is 5.15. The minimum atomic E-state index is -4.55. The van der Waals surface area contributed by atoms with Gasteiger partial charge in [-0.25, -0.2) is 13.4 Å². The number of aromatic nitrogens is 5. The first-order chi connectivity index (χ1) is 13.0. The summed E-state index contributed by atoms with van der Waals surface area (Å²) in [5.74, 6) is -0.130. The minimum absolute atomic E-state index is 0.0164. The topological polar surface area (TPSA) is 90.6 Å². The van der Waals surface area contributed by atoms with Gasteiger partial charge in [-0.1, -0.05) is 18.5 Å². The Morgan fingerprint density at radius 2 is 1.82 bits per heavy atom. The van der Waals surface area contributed by atoms with Crippen molar-refractivity contribution in [3.63, 3.8) is 0 Å². The van der Waals surface area contributed by atoms with Crippen molar-refractivity contribution >= 4 is 21.4 Å². The fraction of sp³-hybridized carbons (Fsp3) is 0.250. The normalized spacial score (nSPS) is 12.4. The maximum absolute atomic E-state index is 13.0. The highest BCUT2D eigenvalue weighted by Gasteiger charge is 2.31. The number of hydrogen-bond acceptors (Lipinski definition) is 6. The largest absolute Gasteiger partial charge is 0.416 e. The fourth-order valence-electron chi connectivity index (χ4n) is 2.48. The Morgan fingerprint density at radius 1 is 1.14 bits per heavy atom. The summed E-state index contributed by atoms with van der Waals surface area (Å²) >= 11 is 5.91. The highest BCUT2D eigenvalue weighted by atomic mass is 35.5. The van der Waals surface area contributed by atoms with E-state index in [2.05, 4.69) is 20.2 Å². The average Bonchev–Trinajstić information content (AvgIpc) is 3.02. The zero-order valence-corrected chi connectivity index (χ0v) is 16.1. The molecule has 0 aliphatic rings. The lowest BCUT2D eigenvalue weighted by Gasteiger charge is -2.10. The zero-order chi connectivity index (χ0) is 20.7. The number of nitrogens with zero attached hydrogens (tertiary/aromatic N) is 5. The first-order valence-electron chi connectivity index (χ1n) is 7.87. The van der Waals surface area contributed by atoms with Crippen LogP contribution in [0.5, 0.6) is 0 Å². The molecular weight excluding hydrogens is 419 g/mol. The van der Waals surface area contributed by atoms with E-state index in [0.29, 0.717) is 0 Å². The SMILES string of the molecule is CCS(=O)(=O)c1ccc(Cl)nc1-c1nnc(-c2cc(C(F)(F)F)ccn2)n1C. The third-order valence-electron chi connectivity index (χ3n) is 3.94. The summed E-state index contributed by atoms with van der Waals surface area (Å²) in [5, 5.41) is 7.81. The van der Waals surface area contributed by atoms with Gasteiger partial charge in [0.25, 0.3) is 0 Å². The summed E-state index contributed by atoms with van der Waals surface area (Å²) in [4.78, 5) is 7.85. The summed E-state index contributed by atoms with van der Waals surface area (Å²) in [6, 6.07) is 4.31. The van der Waals surface area contributed by atoms with Crippen molar-refractivity contribution in [3.8, 4) is 23.0 Å². The molecule has 3 rings (SSSR count). The van der Waals surface area contributed by atoms with Crippen LogP contribution in [0.2, 0.25) is 5.15 Å². The van der Waals surface area contributed by atoms with Crippen LogP contribution in [0.1, 0.15) is 12.5 Å². The number of pyridine rings is 2. The van der Waals surface area contributed by atoms with Gasteiger partial charge in [0.05, 0.1) is 16.2 Å². The predicted molar refractivity (Wildman–Crippen MR) is 95.2 cm³/mol. The maximum atomic E-state index is 13.0. The van der Waals surface area contributed by atoms with Gasteiger partial charge in [0, 0.05) is 13.2 Å². The number of rotatable bonds is 4. The standard InChI is InChI=1S/C16H13ClF3N5O2S/c1-3-28(26,27)11-4-5-12(17)22-13(11)15-24-23-14(25(15)2)10-8-9(6-7-21-10)16(18,19)20/h4-8H,3H2,1-2H3. The molecule has 0 spiro atoms. The van der Waals surface area contributed by atoms with E-state index in [-0.39, 0.29) is 38.8 Å². The third kappa shape index (κ3) is 3.72. The third-order valence-corrected chi connectivity index (χ3v) is 5.91. The average molecular weight is 432 g/mol. The lowest BCUT2D eigenvalue weighted by molar-refractivity contribution is -0.137. The Bertz CT molecular complexity index is 1150. The summed E-state index contributed by atoms with van der Waals surface area (Å²) in [7, 11) is -2.19. The van der Waals surface area contributed by atoms with Crippen molar-refractivity contribution in [2.75, 3.05) is 5.75 Å². The Hall–Kier alpha value is -2.53. The minimum Gasteiger partial charge on any atom is -0.307 e. The van der Waals surface area contributed by atoms with Gasteiger partial charge in [-0.05, 0) is 24.3 Å².